The molecule has 20 heavy (non-hydrogen) atoms. The molecule has 2 aromatic rings. The van der Waals surface area contributed by atoms with Crippen molar-refractivity contribution in [3.63, 3.8) is 0 Å². The molecule has 0 spiro atoms. The van der Waals surface area contributed by atoms with E-state index >= 15 is 0 Å². The first kappa shape index (κ1) is 14.7. The van der Waals surface area contributed by atoms with E-state index < -0.39 is 0 Å². The van der Waals surface area contributed by atoms with Crippen molar-refractivity contribution in [3.8, 4) is 5.75 Å². The van der Waals surface area contributed by atoms with Crippen LogP contribution >= 0.6 is 0 Å². The van der Waals surface area contributed by atoms with Gasteiger partial charge in [-0.25, -0.2) is 0 Å². The van der Waals surface area contributed by atoms with Crippen LogP contribution in [-0.4, -0.2) is 18.2 Å². The highest BCUT2D eigenvalue weighted by Gasteiger charge is 2.14. The molecule has 108 valence electrons. The minimum Gasteiger partial charge on any atom is -0.492 e. The molecule has 0 aliphatic heterocycles. The highest BCUT2D eigenvalue weighted by Crippen LogP contribution is 2.21. The molecule has 2 rings (SSSR count). The number of hydrogen-bond donors (Lipinski definition) is 1. The number of aromatic nitrogens is 1. The molecule has 0 saturated heterocycles. The predicted octanol–water partition coefficient (Wildman–Crippen LogP) is 3.48. The van der Waals surface area contributed by atoms with Crippen LogP contribution < -0.4 is 10.1 Å². The van der Waals surface area contributed by atoms with E-state index in [1.54, 1.807) is 0 Å². The summed E-state index contributed by atoms with van der Waals surface area (Å²) in [5.74, 6) is 1.51. The van der Waals surface area contributed by atoms with Crippen molar-refractivity contribution in [2.45, 2.75) is 26.4 Å². The van der Waals surface area contributed by atoms with Gasteiger partial charge < -0.3 is 14.6 Å². The maximum absolute atomic E-state index is 5.72. The summed E-state index contributed by atoms with van der Waals surface area (Å²) in [5, 5.41) is 3.37. The Hall–Kier alpha value is -1.74. The molecule has 1 aromatic heterocycles. The third-order valence-electron chi connectivity index (χ3n) is 3.47. The van der Waals surface area contributed by atoms with Gasteiger partial charge in [0.15, 0.2) is 0 Å². The van der Waals surface area contributed by atoms with Gasteiger partial charge in [0, 0.05) is 18.4 Å². The number of nitrogens with one attached hydrogen (secondary N) is 1. The van der Waals surface area contributed by atoms with Crippen LogP contribution in [0.4, 0.5) is 0 Å². The fourth-order valence-corrected chi connectivity index (χ4v) is 2.45. The quantitative estimate of drug-likeness (QED) is 0.835. The average molecular weight is 272 g/mol. The fourth-order valence-electron chi connectivity index (χ4n) is 2.45. The molecule has 0 bridgehead atoms. The highest BCUT2D eigenvalue weighted by molar-refractivity contribution is 5.21. The lowest BCUT2D eigenvalue weighted by molar-refractivity contribution is 0.298. The molecule has 0 aliphatic carbocycles. The van der Waals surface area contributed by atoms with Gasteiger partial charge in [0.1, 0.15) is 12.4 Å². The van der Waals surface area contributed by atoms with E-state index in [0.29, 0.717) is 18.6 Å². The third kappa shape index (κ3) is 3.87. The third-order valence-corrected chi connectivity index (χ3v) is 3.47. The second-order valence-corrected chi connectivity index (χ2v) is 5.35. The standard InChI is InChI=1S/C17H24N2O/c1-14(2)17(18-3)15-9-10-19(13-15)11-12-20-16-7-5-4-6-8-16/h4-10,13-14,17-18H,11-12H2,1-3H3. The van der Waals surface area contributed by atoms with Gasteiger partial charge in [-0.2, -0.15) is 0 Å². The summed E-state index contributed by atoms with van der Waals surface area (Å²) < 4.78 is 7.90. The minimum absolute atomic E-state index is 0.409. The second-order valence-electron chi connectivity index (χ2n) is 5.35. The predicted molar refractivity (Wildman–Crippen MR) is 83.0 cm³/mol. The number of benzene rings is 1. The maximum atomic E-state index is 5.72. The summed E-state index contributed by atoms with van der Waals surface area (Å²) in [6, 6.07) is 12.5. The lowest BCUT2D eigenvalue weighted by atomic mass is 9.99. The molecule has 0 radical (unpaired) electrons. The molecule has 3 heteroatoms. The molecule has 1 unspecified atom stereocenters. The summed E-state index contributed by atoms with van der Waals surface area (Å²) in [5.41, 5.74) is 1.34. The summed E-state index contributed by atoms with van der Waals surface area (Å²) >= 11 is 0. The Morgan fingerprint density at radius 2 is 1.90 bits per heavy atom. The molecular formula is C17H24N2O. The van der Waals surface area contributed by atoms with Gasteiger partial charge in [0.25, 0.3) is 0 Å². The normalized spacial score (nSPS) is 12.6. The Morgan fingerprint density at radius 3 is 2.55 bits per heavy atom. The van der Waals surface area contributed by atoms with Crippen molar-refractivity contribution in [2.24, 2.45) is 5.92 Å². The van der Waals surface area contributed by atoms with Gasteiger partial charge >= 0.3 is 0 Å². The van der Waals surface area contributed by atoms with Crippen LogP contribution in [-0.2, 0) is 6.54 Å². The Morgan fingerprint density at radius 1 is 1.15 bits per heavy atom. The summed E-state index contributed by atoms with van der Waals surface area (Å²) in [6.07, 6.45) is 4.33. The van der Waals surface area contributed by atoms with Crippen LogP contribution in [0.3, 0.4) is 0 Å². The van der Waals surface area contributed by atoms with Crippen molar-refractivity contribution in [3.05, 3.63) is 54.4 Å². The van der Waals surface area contributed by atoms with E-state index in [2.05, 4.69) is 42.2 Å². The molecule has 1 aromatic carbocycles. The van der Waals surface area contributed by atoms with Crippen molar-refractivity contribution < 1.29 is 4.74 Å². The monoisotopic (exact) mass is 272 g/mol. The van der Waals surface area contributed by atoms with Crippen molar-refractivity contribution in [2.75, 3.05) is 13.7 Å². The zero-order valence-corrected chi connectivity index (χ0v) is 12.5. The molecule has 0 saturated carbocycles. The van der Waals surface area contributed by atoms with Gasteiger partial charge in [0.2, 0.25) is 0 Å². The first-order valence-electron chi connectivity index (χ1n) is 7.21. The van der Waals surface area contributed by atoms with Crippen LogP contribution in [0.5, 0.6) is 5.75 Å². The molecule has 0 fully saturated rings. The highest BCUT2D eigenvalue weighted by atomic mass is 16.5. The topological polar surface area (TPSA) is 26.2 Å². The maximum Gasteiger partial charge on any atom is 0.119 e. The number of hydrogen-bond acceptors (Lipinski definition) is 2. The van der Waals surface area contributed by atoms with Crippen molar-refractivity contribution in [1.29, 1.82) is 0 Å². The van der Waals surface area contributed by atoms with Crippen molar-refractivity contribution >= 4 is 0 Å². The summed E-state index contributed by atoms with van der Waals surface area (Å²) in [4.78, 5) is 0. The number of para-hydroxylation sites is 1. The lowest BCUT2D eigenvalue weighted by Gasteiger charge is -2.18. The van der Waals surface area contributed by atoms with Gasteiger partial charge in [0.05, 0.1) is 6.54 Å². The largest absolute Gasteiger partial charge is 0.492 e. The lowest BCUT2D eigenvalue weighted by Crippen LogP contribution is -2.21. The number of rotatable bonds is 7. The zero-order valence-electron chi connectivity index (χ0n) is 12.5. The Bertz CT molecular complexity index is 505. The van der Waals surface area contributed by atoms with E-state index in [0.717, 1.165) is 12.3 Å². The van der Waals surface area contributed by atoms with Crippen LogP contribution in [0.15, 0.2) is 48.8 Å². The first-order valence-corrected chi connectivity index (χ1v) is 7.21. The summed E-state index contributed by atoms with van der Waals surface area (Å²) in [6.45, 7) is 6.02. The Labute approximate surface area is 121 Å². The second kappa shape index (κ2) is 7.15. The van der Waals surface area contributed by atoms with E-state index in [-0.39, 0.29) is 0 Å². The molecule has 1 heterocycles. The van der Waals surface area contributed by atoms with Gasteiger partial charge in [-0.1, -0.05) is 32.0 Å². The van der Waals surface area contributed by atoms with Crippen LogP contribution in [0.1, 0.15) is 25.5 Å². The molecular weight excluding hydrogens is 248 g/mol. The SMILES string of the molecule is CNC(c1ccn(CCOc2ccccc2)c1)C(C)C. The minimum atomic E-state index is 0.409. The van der Waals surface area contributed by atoms with Gasteiger partial charge in [-0.05, 0) is 36.7 Å². The van der Waals surface area contributed by atoms with Gasteiger partial charge in [-0.3, -0.25) is 0 Å². The average Bonchev–Trinajstić information content (AvgIpc) is 2.89. The molecule has 1 N–H and O–H groups in total. The molecule has 3 nitrogen and oxygen atoms in total. The fraction of sp³-hybridized carbons (Fsp3) is 0.412. The van der Waals surface area contributed by atoms with Crippen LogP contribution in [0.2, 0.25) is 0 Å². The number of ether oxygens (including phenoxy) is 1. The zero-order chi connectivity index (χ0) is 14.4. The van der Waals surface area contributed by atoms with Gasteiger partial charge in [-0.15, -0.1) is 0 Å². The Balaban J connectivity index is 1.87. The summed E-state index contributed by atoms with van der Waals surface area (Å²) in [7, 11) is 2.01. The van der Waals surface area contributed by atoms with Crippen LogP contribution in [0, 0.1) is 5.92 Å². The van der Waals surface area contributed by atoms with Crippen LogP contribution in [0.25, 0.3) is 0 Å². The smallest absolute Gasteiger partial charge is 0.119 e. The number of nitrogens with zero attached hydrogens (tertiary/aromatic N) is 1. The molecule has 0 aliphatic rings. The Kier molecular flexibility index (Phi) is 5.24. The van der Waals surface area contributed by atoms with E-state index in [4.69, 9.17) is 4.74 Å². The molecule has 1 atom stereocenters. The van der Waals surface area contributed by atoms with E-state index in [9.17, 15) is 0 Å². The molecule has 0 amide bonds. The van der Waals surface area contributed by atoms with E-state index in [1.807, 2.05) is 37.4 Å². The van der Waals surface area contributed by atoms with Crippen molar-refractivity contribution in [1.82, 2.24) is 9.88 Å². The van der Waals surface area contributed by atoms with E-state index in [1.165, 1.54) is 5.56 Å². The first-order chi connectivity index (χ1) is 9.70.